The van der Waals surface area contributed by atoms with Crippen molar-refractivity contribution in [3.05, 3.63) is 70.8 Å². The van der Waals surface area contributed by atoms with E-state index in [4.69, 9.17) is 4.74 Å². The van der Waals surface area contributed by atoms with Gasteiger partial charge in [-0.3, -0.25) is 0 Å². The minimum absolute atomic E-state index is 0.0499. The molecule has 1 aliphatic heterocycles. The van der Waals surface area contributed by atoms with Gasteiger partial charge in [-0.2, -0.15) is 0 Å². The summed E-state index contributed by atoms with van der Waals surface area (Å²) in [5.74, 6) is -3.62. The fourth-order valence-electron chi connectivity index (χ4n) is 2.68. The van der Waals surface area contributed by atoms with Gasteiger partial charge in [-0.15, -0.1) is 0 Å². The summed E-state index contributed by atoms with van der Waals surface area (Å²) in [5.41, 5.74) is -2.43. The molecule has 6 nitrogen and oxygen atoms in total. The number of aliphatic carboxylic acids is 1. The van der Waals surface area contributed by atoms with Crippen LogP contribution in [0.2, 0.25) is 0 Å². The van der Waals surface area contributed by atoms with E-state index in [1.54, 1.807) is 18.2 Å². The summed E-state index contributed by atoms with van der Waals surface area (Å²) >= 11 is 0. The van der Waals surface area contributed by atoms with Crippen molar-refractivity contribution in [1.29, 1.82) is 0 Å². The molecule has 0 amide bonds. The average molecular weight is 298 g/mol. The molecule has 2 N–H and O–H groups in total. The van der Waals surface area contributed by atoms with Crippen molar-refractivity contribution in [1.82, 2.24) is 0 Å². The van der Waals surface area contributed by atoms with Crippen LogP contribution < -0.4 is 0 Å². The summed E-state index contributed by atoms with van der Waals surface area (Å²) in [7, 11) is 0. The number of benzene rings is 2. The van der Waals surface area contributed by atoms with Crippen LogP contribution in [0.3, 0.4) is 0 Å². The zero-order valence-corrected chi connectivity index (χ0v) is 11.1. The molecule has 1 atom stereocenters. The summed E-state index contributed by atoms with van der Waals surface area (Å²) in [4.78, 5) is 35.4. The number of carbonyl (C=O) groups is 3. The van der Waals surface area contributed by atoms with Gasteiger partial charge in [-0.25, -0.2) is 14.4 Å². The molecule has 2 aromatic carbocycles. The fourth-order valence-corrected chi connectivity index (χ4v) is 2.68. The van der Waals surface area contributed by atoms with Crippen molar-refractivity contribution in [3.63, 3.8) is 0 Å². The molecule has 1 aliphatic rings. The van der Waals surface area contributed by atoms with Crippen LogP contribution in [-0.2, 0) is 15.1 Å². The number of cyclic esters (lactones) is 1. The van der Waals surface area contributed by atoms with Crippen LogP contribution in [0.25, 0.3) is 0 Å². The standard InChI is InChI=1S/C16H10O6/c17-13(18)10-7-4-8-11-12(10)16(15(20)21,22-14(11)19)9-5-2-1-3-6-9/h1-8H,(H,17,18)(H,20,21). The molecule has 0 aromatic heterocycles. The molecule has 1 unspecified atom stereocenters. The Morgan fingerprint density at radius 3 is 2.23 bits per heavy atom. The Bertz CT molecular complexity index is 796. The molecule has 2 aromatic rings. The van der Waals surface area contributed by atoms with E-state index < -0.39 is 23.5 Å². The first-order valence-electron chi connectivity index (χ1n) is 6.37. The lowest BCUT2D eigenvalue weighted by Gasteiger charge is -2.25. The fraction of sp³-hybridized carbons (Fsp3) is 0.0625. The second-order valence-electron chi connectivity index (χ2n) is 4.78. The number of hydrogen-bond acceptors (Lipinski definition) is 4. The topological polar surface area (TPSA) is 101 Å². The molecule has 0 fully saturated rings. The smallest absolute Gasteiger partial charge is 0.357 e. The van der Waals surface area contributed by atoms with Gasteiger partial charge in [0.15, 0.2) is 0 Å². The predicted molar refractivity (Wildman–Crippen MR) is 73.7 cm³/mol. The zero-order valence-electron chi connectivity index (χ0n) is 11.1. The minimum atomic E-state index is -2.15. The van der Waals surface area contributed by atoms with Gasteiger partial charge in [0, 0.05) is 11.1 Å². The molecule has 0 spiro atoms. The van der Waals surface area contributed by atoms with E-state index in [1.165, 1.54) is 30.3 Å². The van der Waals surface area contributed by atoms with E-state index in [2.05, 4.69) is 0 Å². The van der Waals surface area contributed by atoms with Crippen LogP contribution in [0.15, 0.2) is 48.5 Å². The van der Waals surface area contributed by atoms with Crippen molar-refractivity contribution in [2.75, 3.05) is 0 Å². The molecule has 0 saturated carbocycles. The quantitative estimate of drug-likeness (QED) is 0.839. The molecule has 3 rings (SSSR count). The van der Waals surface area contributed by atoms with Gasteiger partial charge in [-0.1, -0.05) is 36.4 Å². The molecule has 6 heteroatoms. The van der Waals surface area contributed by atoms with Crippen LogP contribution in [0, 0.1) is 0 Å². The van der Waals surface area contributed by atoms with Crippen LogP contribution in [0.4, 0.5) is 0 Å². The first-order chi connectivity index (χ1) is 10.5. The molecular weight excluding hydrogens is 288 g/mol. The maximum absolute atomic E-state index is 12.1. The summed E-state index contributed by atoms with van der Waals surface area (Å²) in [6.07, 6.45) is 0. The second-order valence-corrected chi connectivity index (χ2v) is 4.78. The van der Waals surface area contributed by atoms with Crippen molar-refractivity contribution >= 4 is 17.9 Å². The third-order valence-corrected chi connectivity index (χ3v) is 3.59. The Hall–Kier alpha value is -3.15. The second kappa shape index (κ2) is 4.70. The van der Waals surface area contributed by atoms with Gasteiger partial charge in [0.2, 0.25) is 0 Å². The molecule has 1 heterocycles. The molecular formula is C16H10O6. The number of carboxylic acids is 2. The maximum Gasteiger partial charge on any atom is 0.357 e. The van der Waals surface area contributed by atoms with Crippen molar-refractivity contribution in [2.24, 2.45) is 0 Å². The lowest BCUT2D eigenvalue weighted by molar-refractivity contribution is -0.154. The van der Waals surface area contributed by atoms with Gasteiger partial charge in [0.05, 0.1) is 11.1 Å². The SMILES string of the molecule is O=C(O)c1cccc2c1C(C(=O)O)(c1ccccc1)OC2=O. The van der Waals surface area contributed by atoms with Gasteiger partial charge < -0.3 is 14.9 Å². The lowest BCUT2D eigenvalue weighted by atomic mass is 9.82. The van der Waals surface area contributed by atoms with E-state index in [-0.39, 0.29) is 22.3 Å². The van der Waals surface area contributed by atoms with Gasteiger partial charge >= 0.3 is 17.9 Å². The number of carbonyl (C=O) groups excluding carboxylic acids is 1. The zero-order chi connectivity index (χ0) is 15.9. The summed E-state index contributed by atoms with van der Waals surface area (Å²) in [6.45, 7) is 0. The van der Waals surface area contributed by atoms with Crippen LogP contribution in [-0.4, -0.2) is 28.1 Å². The Balaban J connectivity index is 2.41. The highest BCUT2D eigenvalue weighted by molar-refractivity contribution is 6.06. The van der Waals surface area contributed by atoms with E-state index in [1.807, 2.05) is 0 Å². The van der Waals surface area contributed by atoms with Crippen LogP contribution in [0.1, 0.15) is 31.8 Å². The number of rotatable bonds is 3. The number of aromatic carboxylic acids is 1. The number of esters is 1. The van der Waals surface area contributed by atoms with E-state index in [0.717, 1.165) is 0 Å². The van der Waals surface area contributed by atoms with Crippen LogP contribution in [0.5, 0.6) is 0 Å². The van der Waals surface area contributed by atoms with Crippen molar-refractivity contribution in [3.8, 4) is 0 Å². The van der Waals surface area contributed by atoms with E-state index in [9.17, 15) is 24.6 Å². The molecule has 0 bridgehead atoms. The average Bonchev–Trinajstić information content (AvgIpc) is 2.82. The Morgan fingerprint density at radius 1 is 0.955 bits per heavy atom. The summed E-state index contributed by atoms with van der Waals surface area (Å²) in [5, 5.41) is 19.1. The largest absolute Gasteiger partial charge is 0.478 e. The Morgan fingerprint density at radius 2 is 1.64 bits per heavy atom. The molecule has 0 saturated heterocycles. The minimum Gasteiger partial charge on any atom is -0.478 e. The molecule has 22 heavy (non-hydrogen) atoms. The third kappa shape index (κ3) is 1.70. The third-order valence-electron chi connectivity index (χ3n) is 3.59. The summed E-state index contributed by atoms with van der Waals surface area (Å²) in [6, 6.07) is 11.8. The van der Waals surface area contributed by atoms with Crippen LogP contribution >= 0.6 is 0 Å². The molecule has 0 radical (unpaired) electrons. The first kappa shape index (κ1) is 13.8. The molecule has 110 valence electrons. The predicted octanol–water partition coefficient (Wildman–Crippen LogP) is 1.88. The number of carboxylic acid groups (broad SMARTS) is 2. The van der Waals surface area contributed by atoms with Gasteiger partial charge in [-0.05, 0) is 12.1 Å². The normalized spacial score (nSPS) is 19.4. The number of fused-ring (bicyclic) bond motifs is 1. The first-order valence-corrected chi connectivity index (χ1v) is 6.37. The van der Waals surface area contributed by atoms with Crippen molar-refractivity contribution in [2.45, 2.75) is 5.60 Å². The lowest BCUT2D eigenvalue weighted by Crippen LogP contribution is -2.38. The highest BCUT2D eigenvalue weighted by Crippen LogP contribution is 2.44. The number of ether oxygens (including phenoxy) is 1. The highest BCUT2D eigenvalue weighted by Gasteiger charge is 2.55. The number of hydrogen-bond donors (Lipinski definition) is 2. The van der Waals surface area contributed by atoms with Crippen molar-refractivity contribution < 1.29 is 29.3 Å². The molecule has 0 aliphatic carbocycles. The summed E-state index contributed by atoms with van der Waals surface area (Å²) < 4.78 is 5.16. The van der Waals surface area contributed by atoms with E-state index in [0.29, 0.717) is 0 Å². The van der Waals surface area contributed by atoms with Gasteiger partial charge in [0.25, 0.3) is 5.60 Å². The Labute approximate surface area is 124 Å². The van der Waals surface area contributed by atoms with E-state index >= 15 is 0 Å². The Kier molecular flexibility index (Phi) is 2.95. The van der Waals surface area contributed by atoms with Gasteiger partial charge in [0.1, 0.15) is 0 Å². The monoisotopic (exact) mass is 298 g/mol. The highest BCUT2D eigenvalue weighted by atomic mass is 16.6. The maximum atomic E-state index is 12.1.